The molecule has 5 rings (SSSR count). The number of anilines is 1. The highest BCUT2D eigenvalue weighted by Crippen LogP contribution is 2.38. The summed E-state index contributed by atoms with van der Waals surface area (Å²) in [5.41, 5.74) is 2.88. The summed E-state index contributed by atoms with van der Waals surface area (Å²) in [5, 5.41) is 16.3. The van der Waals surface area contributed by atoms with Crippen LogP contribution in [0.1, 0.15) is 74.0 Å². The number of tetrazole rings is 1. The maximum atomic E-state index is 13.1. The lowest BCUT2D eigenvalue weighted by Crippen LogP contribution is -2.23. The van der Waals surface area contributed by atoms with Gasteiger partial charge in [-0.05, 0) is 78.8 Å². The molecule has 35 heavy (non-hydrogen) atoms. The van der Waals surface area contributed by atoms with Crippen molar-refractivity contribution in [3.05, 3.63) is 59.4 Å². The molecule has 0 radical (unpaired) electrons. The maximum absolute atomic E-state index is 13.1. The van der Waals surface area contributed by atoms with Gasteiger partial charge < -0.3 is 14.8 Å². The molecule has 1 atom stereocenters. The summed E-state index contributed by atoms with van der Waals surface area (Å²) in [7, 11) is 0. The summed E-state index contributed by atoms with van der Waals surface area (Å²) in [6.45, 7) is -0.404. The first-order valence-electron chi connectivity index (χ1n) is 12.4. The normalized spacial score (nSPS) is 17.4. The van der Waals surface area contributed by atoms with Gasteiger partial charge in [0.2, 0.25) is 0 Å². The van der Waals surface area contributed by atoms with Gasteiger partial charge in [-0.25, -0.2) is 4.68 Å². The van der Waals surface area contributed by atoms with Crippen LogP contribution in [0.2, 0.25) is 0 Å². The molecule has 1 aromatic heterocycles. The summed E-state index contributed by atoms with van der Waals surface area (Å²) < 4.78 is 38.7. The van der Waals surface area contributed by atoms with Crippen LogP contribution in [0, 0.1) is 12.8 Å². The van der Waals surface area contributed by atoms with E-state index in [1.165, 1.54) is 6.42 Å². The Morgan fingerprint density at radius 1 is 1.00 bits per heavy atom. The van der Waals surface area contributed by atoms with Gasteiger partial charge in [-0.1, -0.05) is 43.0 Å². The maximum Gasteiger partial charge on any atom is 0.387 e. The minimum absolute atomic E-state index is 0.0327. The topological polar surface area (TPSA) is 74.1 Å². The van der Waals surface area contributed by atoms with E-state index in [0.717, 1.165) is 55.3 Å². The zero-order valence-corrected chi connectivity index (χ0v) is 19.9. The molecule has 0 spiro atoms. The molecule has 0 aliphatic heterocycles. The van der Waals surface area contributed by atoms with E-state index in [9.17, 15) is 8.78 Å². The van der Waals surface area contributed by atoms with Gasteiger partial charge in [0.05, 0.1) is 12.6 Å². The summed E-state index contributed by atoms with van der Waals surface area (Å²) in [6.07, 6.45) is 7.79. The third-order valence-corrected chi connectivity index (χ3v) is 6.75. The average molecular weight is 484 g/mol. The van der Waals surface area contributed by atoms with E-state index in [4.69, 9.17) is 9.47 Å². The smallest absolute Gasteiger partial charge is 0.387 e. The lowest BCUT2D eigenvalue weighted by atomic mass is 9.95. The third-order valence-electron chi connectivity index (χ3n) is 6.75. The first kappa shape index (κ1) is 23.5. The predicted molar refractivity (Wildman–Crippen MR) is 128 cm³/mol. The van der Waals surface area contributed by atoms with Crippen molar-refractivity contribution in [2.75, 3.05) is 11.9 Å². The number of aryl methyl sites for hydroxylation is 1. The van der Waals surface area contributed by atoms with Crippen LogP contribution in [0.4, 0.5) is 14.5 Å². The van der Waals surface area contributed by atoms with E-state index in [-0.39, 0.29) is 11.8 Å². The van der Waals surface area contributed by atoms with Crippen LogP contribution < -0.4 is 14.8 Å². The van der Waals surface area contributed by atoms with Crippen molar-refractivity contribution >= 4 is 5.69 Å². The van der Waals surface area contributed by atoms with Crippen LogP contribution in [0.3, 0.4) is 0 Å². The zero-order chi connectivity index (χ0) is 24.2. The molecule has 0 amide bonds. The second-order valence-electron chi connectivity index (χ2n) is 9.56. The quantitative estimate of drug-likeness (QED) is 0.377. The van der Waals surface area contributed by atoms with Crippen LogP contribution in [0.25, 0.3) is 0 Å². The monoisotopic (exact) mass is 483 g/mol. The number of ether oxygens (including phenoxy) is 2. The van der Waals surface area contributed by atoms with Gasteiger partial charge in [0.25, 0.3) is 0 Å². The third kappa shape index (κ3) is 5.89. The molecule has 1 N–H and O–H groups in total. The number of alkyl halides is 2. The molecule has 186 valence electrons. The van der Waals surface area contributed by atoms with Crippen molar-refractivity contribution in [3.63, 3.8) is 0 Å². The molecule has 3 aromatic rings. The van der Waals surface area contributed by atoms with E-state index >= 15 is 0 Å². The summed E-state index contributed by atoms with van der Waals surface area (Å²) in [4.78, 5) is 0. The lowest BCUT2D eigenvalue weighted by Gasteiger charge is -2.26. The van der Waals surface area contributed by atoms with Gasteiger partial charge in [0.15, 0.2) is 17.3 Å². The summed E-state index contributed by atoms with van der Waals surface area (Å²) in [5.74, 6) is 1.50. The molecule has 2 saturated carbocycles. The second-order valence-corrected chi connectivity index (χ2v) is 9.56. The Morgan fingerprint density at radius 3 is 2.49 bits per heavy atom. The van der Waals surface area contributed by atoms with E-state index in [1.54, 1.807) is 18.2 Å². The number of halogens is 2. The highest BCUT2D eigenvalue weighted by atomic mass is 19.3. The van der Waals surface area contributed by atoms with E-state index in [2.05, 4.69) is 20.8 Å². The van der Waals surface area contributed by atoms with Crippen molar-refractivity contribution in [1.82, 2.24) is 20.2 Å². The molecule has 2 aliphatic carbocycles. The summed E-state index contributed by atoms with van der Waals surface area (Å²) in [6, 6.07) is 13.0. The largest absolute Gasteiger partial charge is 0.489 e. The van der Waals surface area contributed by atoms with Crippen LogP contribution >= 0.6 is 0 Å². The molecule has 0 saturated heterocycles. The van der Waals surface area contributed by atoms with E-state index in [1.807, 2.05) is 35.9 Å². The number of aromatic nitrogens is 4. The first-order valence-corrected chi connectivity index (χ1v) is 12.4. The number of nitrogens with zero attached hydrogens (tertiary/aromatic N) is 4. The van der Waals surface area contributed by atoms with Gasteiger partial charge in [0.1, 0.15) is 6.04 Å². The molecule has 2 aliphatic rings. The van der Waals surface area contributed by atoms with Crippen LogP contribution in [0.5, 0.6) is 11.5 Å². The van der Waals surface area contributed by atoms with Crippen molar-refractivity contribution in [1.29, 1.82) is 0 Å². The Hall–Kier alpha value is -3.23. The molecule has 1 unspecified atom stereocenters. The fraction of sp³-hybridized carbons (Fsp3) is 0.500. The summed E-state index contributed by atoms with van der Waals surface area (Å²) >= 11 is 0. The van der Waals surface area contributed by atoms with Crippen molar-refractivity contribution in [3.8, 4) is 11.5 Å². The first-order chi connectivity index (χ1) is 17.1. The number of rotatable bonds is 10. The van der Waals surface area contributed by atoms with Gasteiger partial charge in [-0.2, -0.15) is 8.78 Å². The molecule has 0 bridgehead atoms. The van der Waals surface area contributed by atoms with Gasteiger partial charge in [-0.3, -0.25) is 0 Å². The number of nitrogens with one attached hydrogen (secondary N) is 1. The molecule has 2 fully saturated rings. The van der Waals surface area contributed by atoms with Crippen LogP contribution in [0.15, 0.2) is 42.5 Å². The van der Waals surface area contributed by atoms with E-state index < -0.39 is 12.7 Å². The Bertz CT molecular complexity index is 1110. The fourth-order valence-electron chi connectivity index (χ4n) is 4.59. The van der Waals surface area contributed by atoms with Gasteiger partial charge >= 0.3 is 6.61 Å². The average Bonchev–Trinajstić information content (AvgIpc) is 3.57. The van der Waals surface area contributed by atoms with Crippen LogP contribution in [-0.4, -0.2) is 33.4 Å². The minimum atomic E-state index is -2.93. The Balaban J connectivity index is 1.51. The lowest BCUT2D eigenvalue weighted by molar-refractivity contribution is -0.0515. The standard InChI is InChI=1S/C26H31F2N5O2/c1-17-7-12-20(13-8-17)29-24(25-30-31-32-33(25)21-5-3-2-4-6-21)19-11-14-22(35-26(27)28)23(15-19)34-16-18-9-10-18/h7-8,11-15,18,21,24,26,29H,2-6,9-10,16H2,1H3. The zero-order valence-electron chi connectivity index (χ0n) is 19.9. The molecule has 2 aromatic carbocycles. The second kappa shape index (κ2) is 10.6. The number of hydrogen-bond acceptors (Lipinski definition) is 6. The molecule has 1 heterocycles. The Labute approximate surface area is 203 Å². The van der Waals surface area contributed by atoms with Crippen molar-refractivity contribution < 1.29 is 18.3 Å². The highest BCUT2D eigenvalue weighted by Gasteiger charge is 2.28. The molecule has 7 nitrogen and oxygen atoms in total. The van der Waals surface area contributed by atoms with Crippen molar-refractivity contribution in [2.24, 2.45) is 5.92 Å². The number of benzene rings is 2. The molecular formula is C26H31F2N5O2. The van der Waals surface area contributed by atoms with Crippen LogP contribution in [-0.2, 0) is 0 Å². The molecule has 9 heteroatoms. The number of hydrogen-bond donors (Lipinski definition) is 1. The Morgan fingerprint density at radius 2 is 1.77 bits per heavy atom. The minimum Gasteiger partial charge on any atom is -0.489 e. The van der Waals surface area contributed by atoms with E-state index in [0.29, 0.717) is 24.1 Å². The fourth-order valence-corrected chi connectivity index (χ4v) is 4.59. The molecular weight excluding hydrogens is 452 g/mol. The highest BCUT2D eigenvalue weighted by molar-refractivity contribution is 5.51. The Kier molecular flexibility index (Phi) is 7.11. The van der Waals surface area contributed by atoms with Gasteiger partial charge in [0, 0.05) is 5.69 Å². The van der Waals surface area contributed by atoms with Gasteiger partial charge in [-0.15, -0.1) is 5.10 Å². The van der Waals surface area contributed by atoms with Crippen molar-refractivity contribution in [2.45, 2.75) is 70.6 Å². The SMILES string of the molecule is Cc1ccc(NC(c2ccc(OC(F)F)c(OCC3CC3)c2)c2nnnn2C2CCCCC2)cc1. The predicted octanol–water partition coefficient (Wildman–Crippen LogP) is 6.08.